The van der Waals surface area contributed by atoms with Gasteiger partial charge in [-0.15, -0.1) is 0 Å². The smallest absolute Gasteiger partial charge is 0.326 e. The number of aliphatic carboxylic acids is 1. The lowest BCUT2D eigenvalue weighted by Gasteiger charge is -2.20. The zero-order valence-corrected chi connectivity index (χ0v) is 9.37. The fourth-order valence-electron chi connectivity index (χ4n) is 3.42. The summed E-state index contributed by atoms with van der Waals surface area (Å²) >= 11 is 0. The van der Waals surface area contributed by atoms with E-state index in [4.69, 9.17) is 5.11 Å². The molecule has 5 nitrogen and oxygen atoms in total. The van der Waals surface area contributed by atoms with E-state index >= 15 is 0 Å². The summed E-state index contributed by atoms with van der Waals surface area (Å²) in [6.45, 7) is 1.38. The number of allylic oxidation sites excluding steroid dienone is 2. The molecule has 2 bridgehead atoms. The third kappa shape index (κ3) is 1.16. The van der Waals surface area contributed by atoms with E-state index in [-0.39, 0.29) is 35.5 Å². The molecule has 3 rings (SSSR count). The van der Waals surface area contributed by atoms with E-state index in [9.17, 15) is 14.4 Å². The number of imide groups is 1. The van der Waals surface area contributed by atoms with Crippen LogP contribution in [0, 0.1) is 23.7 Å². The molecule has 0 aromatic carbocycles. The lowest BCUT2D eigenvalue weighted by molar-refractivity contribution is -0.154. The Morgan fingerprint density at radius 3 is 2.18 bits per heavy atom. The second-order valence-electron chi connectivity index (χ2n) is 5.06. The van der Waals surface area contributed by atoms with Crippen LogP contribution in [0.5, 0.6) is 0 Å². The van der Waals surface area contributed by atoms with Crippen molar-refractivity contribution in [3.63, 3.8) is 0 Å². The van der Waals surface area contributed by atoms with E-state index in [1.54, 1.807) is 0 Å². The summed E-state index contributed by atoms with van der Waals surface area (Å²) in [6.07, 6.45) is 4.85. The number of carbonyl (C=O) groups excluding carboxylic acids is 2. The van der Waals surface area contributed by atoms with Crippen LogP contribution in [-0.2, 0) is 14.4 Å². The molecule has 1 heterocycles. The largest absolute Gasteiger partial charge is 0.480 e. The van der Waals surface area contributed by atoms with Crippen molar-refractivity contribution in [1.82, 2.24) is 4.90 Å². The number of carboxylic acids is 1. The standard InChI is InChI=1S/C12H13NO4/c1-5(12(16)17)13-10(14)8-6-2-3-7(4-6)9(8)11(13)15/h2-3,5-9H,4H2,1H3,(H,16,17)/t5-,6-,7+,8+,9+/m0/s1. The van der Waals surface area contributed by atoms with E-state index in [0.29, 0.717) is 0 Å². The number of likely N-dealkylation sites (tertiary alicyclic amines) is 1. The maximum atomic E-state index is 12.1. The molecule has 1 saturated heterocycles. The highest BCUT2D eigenvalue weighted by atomic mass is 16.4. The van der Waals surface area contributed by atoms with Crippen molar-refractivity contribution >= 4 is 17.8 Å². The van der Waals surface area contributed by atoms with Crippen LogP contribution in [0.4, 0.5) is 0 Å². The molecular formula is C12H13NO4. The number of nitrogens with zero attached hydrogens (tertiary/aromatic N) is 1. The third-order valence-electron chi connectivity index (χ3n) is 4.25. The molecule has 90 valence electrons. The first-order chi connectivity index (χ1) is 8.02. The minimum atomic E-state index is -1.13. The summed E-state index contributed by atoms with van der Waals surface area (Å²) in [5, 5.41) is 8.93. The van der Waals surface area contributed by atoms with Gasteiger partial charge >= 0.3 is 5.97 Å². The fourth-order valence-corrected chi connectivity index (χ4v) is 3.42. The van der Waals surface area contributed by atoms with Crippen LogP contribution in [0.2, 0.25) is 0 Å². The number of rotatable bonds is 2. The zero-order valence-electron chi connectivity index (χ0n) is 9.37. The Morgan fingerprint density at radius 1 is 1.29 bits per heavy atom. The lowest BCUT2D eigenvalue weighted by atomic mass is 9.85. The van der Waals surface area contributed by atoms with Gasteiger partial charge in [0.1, 0.15) is 6.04 Å². The Hall–Kier alpha value is -1.65. The highest BCUT2D eigenvalue weighted by Crippen LogP contribution is 2.52. The van der Waals surface area contributed by atoms with Gasteiger partial charge in [-0.25, -0.2) is 4.79 Å². The van der Waals surface area contributed by atoms with Crippen molar-refractivity contribution < 1.29 is 19.5 Å². The van der Waals surface area contributed by atoms with Gasteiger partial charge in [0, 0.05) is 0 Å². The molecule has 0 spiro atoms. The fraction of sp³-hybridized carbons (Fsp3) is 0.583. The van der Waals surface area contributed by atoms with Gasteiger partial charge in [-0.3, -0.25) is 14.5 Å². The maximum Gasteiger partial charge on any atom is 0.326 e. The van der Waals surface area contributed by atoms with Gasteiger partial charge in [0.05, 0.1) is 11.8 Å². The molecule has 1 N–H and O–H groups in total. The third-order valence-corrected chi connectivity index (χ3v) is 4.25. The van der Waals surface area contributed by atoms with E-state index < -0.39 is 12.0 Å². The van der Waals surface area contributed by atoms with Crippen LogP contribution in [0.25, 0.3) is 0 Å². The highest BCUT2D eigenvalue weighted by Gasteiger charge is 2.60. The average Bonchev–Trinajstić information content (AvgIpc) is 2.92. The van der Waals surface area contributed by atoms with Gasteiger partial charge in [0.2, 0.25) is 11.8 Å². The van der Waals surface area contributed by atoms with E-state index in [1.807, 2.05) is 12.2 Å². The topological polar surface area (TPSA) is 74.7 Å². The monoisotopic (exact) mass is 235 g/mol. The van der Waals surface area contributed by atoms with Gasteiger partial charge in [-0.2, -0.15) is 0 Å². The number of carboxylic acid groups (broad SMARTS) is 1. The van der Waals surface area contributed by atoms with Gasteiger partial charge in [0.25, 0.3) is 0 Å². The molecule has 2 fully saturated rings. The highest BCUT2D eigenvalue weighted by molar-refractivity contribution is 6.08. The summed E-state index contributed by atoms with van der Waals surface area (Å²) in [5.41, 5.74) is 0. The molecule has 0 aromatic rings. The van der Waals surface area contributed by atoms with E-state index in [1.165, 1.54) is 6.92 Å². The number of fused-ring (bicyclic) bond motifs is 5. The minimum absolute atomic E-state index is 0.132. The zero-order chi connectivity index (χ0) is 12.3. The molecule has 5 heteroatoms. The average molecular weight is 235 g/mol. The molecule has 1 saturated carbocycles. The molecule has 17 heavy (non-hydrogen) atoms. The SMILES string of the molecule is C[C@@H](C(=O)O)N1C(=O)[C@H]2[C@H](C1=O)[C@H]1C=C[C@@H]2C1. The molecule has 3 aliphatic rings. The Labute approximate surface area is 98.1 Å². The predicted octanol–water partition coefficient (Wildman–Crippen LogP) is 0.267. The molecule has 0 radical (unpaired) electrons. The van der Waals surface area contributed by atoms with Crippen LogP contribution in [0.15, 0.2) is 12.2 Å². The number of carbonyl (C=O) groups is 3. The van der Waals surface area contributed by atoms with Crippen LogP contribution < -0.4 is 0 Å². The molecule has 2 aliphatic carbocycles. The number of hydrogen-bond acceptors (Lipinski definition) is 3. The van der Waals surface area contributed by atoms with Crippen molar-refractivity contribution in [2.75, 3.05) is 0 Å². The first-order valence-electron chi connectivity index (χ1n) is 5.80. The maximum absolute atomic E-state index is 12.1. The first-order valence-corrected chi connectivity index (χ1v) is 5.80. The summed E-state index contributed by atoms with van der Waals surface area (Å²) in [6, 6.07) is -1.06. The Morgan fingerprint density at radius 2 is 1.76 bits per heavy atom. The van der Waals surface area contributed by atoms with Gasteiger partial charge < -0.3 is 5.11 Å². The first kappa shape index (κ1) is 10.5. The van der Waals surface area contributed by atoms with E-state index in [0.717, 1.165) is 11.3 Å². The summed E-state index contributed by atoms with van der Waals surface area (Å²) in [7, 11) is 0. The number of amides is 2. The van der Waals surface area contributed by atoms with Crippen LogP contribution in [-0.4, -0.2) is 33.8 Å². The van der Waals surface area contributed by atoms with Crippen molar-refractivity contribution in [2.24, 2.45) is 23.7 Å². The van der Waals surface area contributed by atoms with Gasteiger partial charge in [0.15, 0.2) is 0 Å². The van der Waals surface area contributed by atoms with Crippen molar-refractivity contribution in [3.8, 4) is 0 Å². The molecule has 0 unspecified atom stereocenters. The lowest BCUT2D eigenvalue weighted by Crippen LogP contribution is -2.44. The van der Waals surface area contributed by atoms with Gasteiger partial charge in [-0.1, -0.05) is 12.2 Å². The van der Waals surface area contributed by atoms with E-state index in [2.05, 4.69) is 0 Å². The van der Waals surface area contributed by atoms with Crippen LogP contribution in [0.1, 0.15) is 13.3 Å². The second kappa shape index (κ2) is 3.18. The summed E-state index contributed by atoms with van der Waals surface area (Å²) in [5.74, 6) is -2.08. The van der Waals surface area contributed by atoms with Crippen molar-refractivity contribution in [2.45, 2.75) is 19.4 Å². The normalized spacial score (nSPS) is 39.9. The molecular weight excluding hydrogens is 222 g/mol. The minimum Gasteiger partial charge on any atom is -0.480 e. The Bertz CT molecular complexity index is 425. The molecule has 5 atom stereocenters. The summed E-state index contributed by atoms with van der Waals surface area (Å²) < 4.78 is 0. The molecule has 1 aliphatic heterocycles. The van der Waals surface area contributed by atoms with Crippen molar-refractivity contribution in [3.05, 3.63) is 12.2 Å². The quantitative estimate of drug-likeness (QED) is 0.550. The van der Waals surface area contributed by atoms with Gasteiger partial charge in [-0.05, 0) is 25.2 Å². The Balaban J connectivity index is 1.95. The second-order valence-corrected chi connectivity index (χ2v) is 5.06. The van der Waals surface area contributed by atoms with Crippen LogP contribution in [0.3, 0.4) is 0 Å². The number of hydrogen-bond donors (Lipinski definition) is 1. The Kier molecular flexibility index (Phi) is 1.97. The predicted molar refractivity (Wildman–Crippen MR) is 56.7 cm³/mol. The summed E-state index contributed by atoms with van der Waals surface area (Å²) in [4.78, 5) is 36.1. The molecule has 0 aromatic heterocycles. The molecule has 2 amide bonds. The van der Waals surface area contributed by atoms with Crippen LogP contribution >= 0.6 is 0 Å². The van der Waals surface area contributed by atoms with Crippen molar-refractivity contribution in [1.29, 1.82) is 0 Å².